The first kappa shape index (κ1) is 14.2. The summed E-state index contributed by atoms with van der Waals surface area (Å²) < 4.78 is 0. The number of likely N-dealkylation sites (tertiary alicyclic amines) is 2. The fraction of sp³-hybridized carbons (Fsp3) is 0.467. The van der Waals surface area contributed by atoms with Gasteiger partial charge in [-0.15, -0.1) is 0 Å². The monoisotopic (exact) mass is 307 g/mol. The van der Waals surface area contributed by atoms with E-state index in [1.807, 2.05) is 24.3 Å². The molecule has 3 rings (SSSR count). The van der Waals surface area contributed by atoms with Gasteiger partial charge in [0.1, 0.15) is 0 Å². The van der Waals surface area contributed by atoms with E-state index >= 15 is 0 Å². The Morgan fingerprint density at radius 3 is 2.52 bits per heavy atom. The molecular weight excluding hydrogens is 290 g/mol. The highest BCUT2D eigenvalue weighted by atomic mass is 35.5. The lowest BCUT2D eigenvalue weighted by Crippen LogP contribution is -2.51. The summed E-state index contributed by atoms with van der Waals surface area (Å²) in [4.78, 5) is 27.6. The quantitative estimate of drug-likeness (QED) is 0.909. The van der Waals surface area contributed by atoms with Gasteiger partial charge in [-0.1, -0.05) is 23.7 Å². The predicted octanol–water partition coefficient (Wildman–Crippen LogP) is 2.03. The summed E-state index contributed by atoms with van der Waals surface area (Å²) in [7, 11) is 1.78. The molecule has 2 aliphatic heterocycles. The summed E-state index contributed by atoms with van der Waals surface area (Å²) in [5.74, 6) is 0.0452. The van der Waals surface area contributed by atoms with Gasteiger partial charge in [0.25, 0.3) is 0 Å². The lowest BCUT2D eigenvalue weighted by molar-refractivity contribution is -0.127. The number of nitrogens with one attached hydrogen (secondary N) is 1. The Hall–Kier alpha value is -1.75. The van der Waals surface area contributed by atoms with E-state index in [4.69, 9.17) is 11.6 Å². The van der Waals surface area contributed by atoms with Crippen LogP contribution in [-0.2, 0) is 4.79 Å². The number of hydrogen-bond donors (Lipinski definition) is 1. The fourth-order valence-electron chi connectivity index (χ4n) is 2.88. The summed E-state index contributed by atoms with van der Waals surface area (Å²) in [5, 5.41) is 3.66. The summed E-state index contributed by atoms with van der Waals surface area (Å²) in [6.45, 7) is 1.60. The number of hydrogen-bond acceptors (Lipinski definition) is 2. The van der Waals surface area contributed by atoms with E-state index in [0.717, 1.165) is 25.1 Å². The maximum Gasteiger partial charge on any atom is 0.317 e. The van der Waals surface area contributed by atoms with E-state index in [-0.39, 0.29) is 24.0 Å². The predicted molar refractivity (Wildman–Crippen MR) is 80.1 cm³/mol. The molecule has 5 nitrogen and oxygen atoms in total. The topological polar surface area (TPSA) is 52.7 Å². The fourth-order valence-corrected chi connectivity index (χ4v) is 3.01. The smallest absolute Gasteiger partial charge is 0.317 e. The van der Waals surface area contributed by atoms with Crippen LogP contribution in [0.2, 0.25) is 5.02 Å². The zero-order valence-electron chi connectivity index (χ0n) is 11.9. The molecule has 21 heavy (non-hydrogen) atoms. The minimum absolute atomic E-state index is 0.0452. The van der Waals surface area contributed by atoms with Crippen LogP contribution in [0.3, 0.4) is 0 Å². The van der Waals surface area contributed by atoms with Crippen LogP contribution in [0.1, 0.15) is 24.4 Å². The van der Waals surface area contributed by atoms with Gasteiger partial charge >= 0.3 is 6.03 Å². The number of amides is 3. The zero-order chi connectivity index (χ0) is 15.0. The average molecular weight is 308 g/mol. The molecule has 0 aromatic heterocycles. The van der Waals surface area contributed by atoms with Crippen molar-refractivity contribution < 1.29 is 9.59 Å². The van der Waals surface area contributed by atoms with Crippen molar-refractivity contribution in [3.63, 3.8) is 0 Å². The minimum atomic E-state index is -0.197. The van der Waals surface area contributed by atoms with Crippen LogP contribution >= 0.6 is 11.6 Å². The summed E-state index contributed by atoms with van der Waals surface area (Å²) in [6, 6.07) is 7.02. The number of halogens is 1. The van der Waals surface area contributed by atoms with Crippen molar-refractivity contribution in [3.05, 3.63) is 34.9 Å². The van der Waals surface area contributed by atoms with E-state index in [9.17, 15) is 9.59 Å². The van der Waals surface area contributed by atoms with Crippen molar-refractivity contribution in [1.29, 1.82) is 0 Å². The minimum Gasteiger partial charge on any atom is -0.337 e. The lowest BCUT2D eigenvalue weighted by atomic mass is 10.0. The van der Waals surface area contributed by atoms with Gasteiger partial charge in [-0.05, 0) is 24.1 Å². The first-order valence-corrected chi connectivity index (χ1v) is 7.50. The Labute approximate surface area is 128 Å². The third-order valence-corrected chi connectivity index (χ3v) is 4.50. The van der Waals surface area contributed by atoms with E-state index in [1.54, 1.807) is 16.8 Å². The van der Waals surface area contributed by atoms with E-state index < -0.39 is 0 Å². The molecule has 1 aromatic rings. The highest BCUT2D eigenvalue weighted by Crippen LogP contribution is 2.32. The largest absolute Gasteiger partial charge is 0.337 e. The van der Waals surface area contributed by atoms with Crippen LogP contribution in [0.15, 0.2) is 24.3 Å². The highest BCUT2D eigenvalue weighted by molar-refractivity contribution is 6.30. The molecule has 0 bridgehead atoms. The Kier molecular flexibility index (Phi) is 3.76. The van der Waals surface area contributed by atoms with Gasteiger partial charge in [-0.25, -0.2) is 4.79 Å². The number of benzene rings is 1. The van der Waals surface area contributed by atoms with Gasteiger partial charge in [0.15, 0.2) is 0 Å². The lowest BCUT2D eigenvalue weighted by Gasteiger charge is -2.33. The van der Waals surface area contributed by atoms with Gasteiger partial charge in [-0.3, -0.25) is 4.79 Å². The number of carbonyl (C=O) groups excluding carboxylic acids is 2. The van der Waals surface area contributed by atoms with E-state index in [2.05, 4.69) is 5.32 Å². The molecule has 2 fully saturated rings. The van der Waals surface area contributed by atoms with Crippen molar-refractivity contribution in [2.24, 2.45) is 0 Å². The van der Waals surface area contributed by atoms with E-state index in [1.165, 1.54) is 0 Å². The molecule has 1 aromatic carbocycles. The Balaban J connectivity index is 1.78. The third-order valence-electron chi connectivity index (χ3n) is 4.25. The molecule has 0 spiro atoms. The average Bonchev–Trinajstić information content (AvgIpc) is 2.64. The van der Waals surface area contributed by atoms with Gasteiger partial charge in [0.2, 0.25) is 5.91 Å². The van der Waals surface area contributed by atoms with Crippen LogP contribution in [0.5, 0.6) is 0 Å². The second-order valence-corrected chi connectivity index (χ2v) is 6.04. The first-order chi connectivity index (χ1) is 10.1. The molecule has 3 amide bonds. The van der Waals surface area contributed by atoms with Crippen molar-refractivity contribution in [2.45, 2.75) is 24.9 Å². The Morgan fingerprint density at radius 1 is 1.29 bits per heavy atom. The Morgan fingerprint density at radius 2 is 1.95 bits per heavy atom. The number of rotatable bonds is 2. The molecule has 0 aliphatic carbocycles. The molecule has 112 valence electrons. The number of likely N-dealkylation sites (N-methyl/N-ethyl adjacent to an activating group) is 1. The van der Waals surface area contributed by atoms with Gasteiger partial charge < -0.3 is 15.1 Å². The maximum absolute atomic E-state index is 12.1. The van der Waals surface area contributed by atoms with Crippen LogP contribution in [0, 0.1) is 0 Å². The summed E-state index contributed by atoms with van der Waals surface area (Å²) in [6.07, 6.45) is 1.39. The van der Waals surface area contributed by atoms with Gasteiger partial charge in [-0.2, -0.15) is 0 Å². The highest BCUT2D eigenvalue weighted by Gasteiger charge is 2.40. The van der Waals surface area contributed by atoms with Gasteiger partial charge in [0, 0.05) is 31.6 Å². The number of urea groups is 1. The molecule has 2 heterocycles. The SMILES string of the molecule is CN1C(=O)C[C@H](NC(=O)N2CCC2)[C@@H]1c1ccc(Cl)cc1. The van der Waals surface area contributed by atoms with Crippen LogP contribution in [0.25, 0.3) is 0 Å². The van der Waals surface area contributed by atoms with Crippen LogP contribution in [-0.4, -0.2) is 47.9 Å². The summed E-state index contributed by atoms with van der Waals surface area (Å²) >= 11 is 5.92. The van der Waals surface area contributed by atoms with E-state index in [0.29, 0.717) is 11.4 Å². The maximum atomic E-state index is 12.1. The Bertz CT molecular complexity index is 557. The van der Waals surface area contributed by atoms with Crippen LogP contribution in [0.4, 0.5) is 4.79 Å². The van der Waals surface area contributed by atoms with Gasteiger partial charge in [0.05, 0.1) is 12.1 Å². The molecule has 0 unspecified atom stereocenters. The number of carbonyl (C=O) groups is 2. The molecule has 1 N–H and O–H groups in total. The molecule has 2 atom stereocenters. The first-order valence-electron chi connectivity index (χ1n) is 7.13. The van der Waals surface area contributed by atoms with Crippen LogP contribution < -0.4 is 5.32 Å². The molecule has 0 radical (unpaired) electrons. The number of nitrogens with zero attached hydrogens (tertiary/aromatic N) is 2. The molecule has 2 aliphatic rings. The molecule has 0 saturated carbocycles. The standard InChI is InChI=1S/C15H18ClN3O2/c1-18-13(20)9-12(17-15(21)19-7-2-8-19)14(18)10-3-5-11(16)6-4-10/h3-6,12,14H,2,7-9H2,1H3,(H,17,21)/t12-,14-/m0/s1. The molecular formula is C15H18ClN3O2. The summed E-state index contributed by atoms with van der Waals surface area (Å²) in [5.41, 5.74) is 0.988. The second-order valence-electron chi connectivity index (χ2n) is 5.60. The second kappa shape index (κ2) is 5.56. The molecule has 2 saturated heterocycles. The third kappa shape index (κ3) is 2.70. The normalized spacial score (nSPS) is 25.0. The zero-order valence-corrected chi connectivity index (χ0v) is 12.6. The van der Waals surface area contributed by atoms with Crippen molar-refractivity contribution in [3.8, 4) is 0 Å². The van der Waals surface area contributed by atoms with Crippen molar-refractivity contribution >= 4 is 23.5 Å². The van der Waals surface area contributed by atoms with Crippen molar-refractivity contribution in [2.75, 3.05) is 20.1 Å². The van der Waals surface area contributed by atoms with Crippen molar-refractivity contribution in [1.82, 2.24) is 15.1 Å². The molecule has 6 heteroatoms.